The third-order valence-corrected chi connectivity index (χ3v) is 5.89. The molecule has 33 heavy (non-hydrogen) atoms. The molecule has 3 aromatic rings. The molecule has 11 heteroatoms. The molecule has 0 aliphatic carbocycles. The standard InChI is InChI=1S/C18H19ClN2O2.C4H6N2O3S/c19-16-6-4-14(5-7-16)13-20-18(22)15-2-1-3-17(12-15)21-8-10-23-11-9-21;1-6-3-4(2-5-6)10(7,8)9/h1-7,12H,8-11,13H2,(H,20,22);2-3H,1H3,(H,7,8,9). The molecule has 0 atom stereocenters. The number of carbonyl (C=O) groups excluding carboxylic acids is 1. The molecule has 0 spiro atoms. The average molecular weight is 493 g/mol. The lowest BCUT2D eigenvalue weighted by Crippen LogP contribution is -2.36. The lowest BCUT2D eigenvalue weighted by atomic mass is 10.1. The highest BCUT2D eigenvalue weighted by Gasteiger charge is 2.13. The maximum Gasteiger partial charge on any atom is 0.297 e. The van der Waals surface area contributed by atoms with E-state index in [-0.39, 0.29) is 10.8 Å². The van der Waals surface area contributed by atoms with E-state index >= 15 is 0 Å². The van der Waals surface area contributed by atoms with Gasteiger partial charge >= 0.3 is 0 Å². The minimum absolute atomic E-state index is 0.0740. The van der Waals surface area contributed by atoms with E-state index in [9.17, 15) is 13.2 Å². The van der Waals surface area contributed by atoms with E-state index in [1.807, 2.05) is 48.5 Å². The fourth-order valence-electron chi connectivity index (χ4n) is 3.08. The number of nitrogens with one attached hydrogen (secondary N) is 1. The quantitative estimate of drug-likeness (QED) is 0.526. The molecule has 0 bridgehead atoms. The number of aryl methyl sites for hydroxylation is 1. The van der Waals surface area contributed by atoms with Crippen molar-refractivity contribution in [3.8, 4) is 0 Å². The largest absolute Gasteiger partial charge is 0.378 e. The van der Waals surface area contributed by atoms with Gasteiger partial charge in [0.25, 0.3) is 16.0 Å². The number of nitrogens with zero attached hydrogens (tertiary/aromatic N) is 3. The van der Waals surface area contributed by atoms with Gasteiger partial charge in [-0.15, -0.1) is 0 Å². The van der Waals surface area contributed by atoms with Gasteiger partial charge in [-0.2, -0.15) is 13.5 Å². The van der Waals surface area contributed by atoms with Crippen molar-refractivity contribution in [2.24, 2.45) is 7.05 Å². The highest BCUT2D eigenvalue weighted by atomic mass is 35.5. The first-order valence-electron chi connectivity index (χ1n) is 10.1. The topological polar surface area (TPSA) is 114 Å². The van der Waals surface area contributed by atoms with Gasteiger partial charge in [0, 0.05) is 49.2 Å². The van der Waals surface area contributed by atoms with Gasteiger partial charge in [0.15, 0.2) is 0 Å². The van der Waals surface area contributed by atoms with Crippen LogP contribution in [0, 0.1) is 0 Å². The highest BCUT2D eigenvalue weighted by molar-refractivity contribution is 7.85. The van der Waals surface area contributed by atoms with Crippen LogP contribution in [0.25, 0.3) is 0 Å². The molecule has 2 aromatic carbocycles. The van der Waals surface area contributed by atoms with Crippen molar-refractivity contribution in [2.75, 3.05) is 31.2 Å². The second kappa shape index (κ2) is 11.3. The van der Waals surface area contributed by atoms with Gasteiger partial charge in [0.05, 0.1) is 19.4 Å². The van der Waals surface area contributed by atoms with Crippen LogP contribution in [0.1, 0.15) is 15.9 Å². The van der Waals surface area contributed by atoms with Gasteiger partial charge in [0.1, 0.15) is 4.90 Å². The van der Waals surface area contributed by atoms with E-state index in [2.05, 4.69) is 15.3 Å². The Morgan fingerprint density at radius 3 is 2.45 bits per heavy atom. The molecular weight excluding hydrogens is 468 g/mol. The van der Waals surface area contributed by atoms with Crippen LogP contribution in [0.15, 0.2) is 65.8 Å². The molecule has 2 N–H and O–H groups in total. The summed E-state index contributed by atoms with van der Waals surface area (Å²) < 4.78 is 35.8. The number of rotatable bonds is 5. The molecule has 0 unspecified atom stereocenters. The van der Waals surface area contributed by atoms with Crippen LogP contribution >= 0.6 is 11.6 Å². The van der Waals surface area contributed by atoms with Crippen LogP contribution < -0.4 is 10.2 Å². The van der Waals surface area contributed by atoms with E-state index in [1.165, 1.54) is 10.9 Å². The molecular formula is C22H25ClN4O5S. The molecule has 1 amide bonds. The number of aromatic nitrogens is 2. The first-order valence-corrected chi connectivity index (χ1v) is 12.0. The SMILES string of the molecule is Cn1cc(S(=O)(=O)O)cn1.O=C(NCc1ccc(Cl)cc1)c1cccc(N2CCOCC2)c1. The molecule has 0 radical (unpaired) electrons. The molecule has 4 rings (SSSR count). The van der Waals surface area contributed by atoms with E-state index in [0.29, 0.717) is 17.1 Å². The monoisotopic (exact) mass is 492 g/mol. The maximum atomic E-state index is 12.3. The fraction of sp³-hybridized carbons (Fsp3) is 0.273. The summed E-state index contributed by atoms with van der Waals surface area (Å²) in [4.78, 5) is 14.4. The van der Waals surface area contributed by atoms with Crippen molar-refractivity contribution in [1.82, 2.24) is 15.1 Å². The second-order valence-corrected chi connectivity index (χ2v) is 9.14. The zero-order valence-electron chi connectivity index (χ0n) is 18.0. The van der Waals surface area contributed by atoms with Gasteiger partial charge in [-0.25, -0.2) is 0 Å². The van der Waals surface area contributed by atoms with E-state index in [4.69, 9.17) is 20.9 Å². The molecule has 1 saturated heterocycles. The summed E-state index contributed by atoms with van der Waals surface area (Å²) in [7, 11) is -2.50. The number of morpholine rings is 1. The zero-order chi connectivity index (χ0) is 23.8. The zero-order valence-corrected chi connectivity index (χ0v) is 19.6. The molecule has 1 aromatic heterocycles. The smallest absolute Gasteiger partial charge is 0.297 e. The number of hydrogen-bond donors (Lipinski definition) is 2. The Morgan fingerprint density at radius 1 is 1.18 bits per heavy atom. The Balaban J connectivity index is 0.000000257. The van der Waals surface area contributed by atoms with Crippen LogP contribution in [-0.4, -0.2) is 55.0 Å². The molecule has 0 saturated carbocycles. The van der Waals surface area contributed by atoms with Crippen LogP contribution in [0.3, 0.4) is 0 Å². The molecule has 176 valence electrons. The van der Waals surface area contributed by atoms with Crippen molar-refractivity contribution in [1.29, 1.82) is 0 Å². The van der Waals surface area contributed by atoms with Gasteiger partial charge in [-0.3, -0.25) is 14.0 Å². The summed E-state index contributed by atoms with van der Waals surface area (Å²) in [6, 6.07) is 15.2. The molecule has 1 aliphatic heterocycles. The Hall–Kier alpha value is -2.92. The van der Waals surface area contributed by atoms with Crippen molar-refractivity contribution < 1.29 is 22.5 Å². The van der Waals surface area contributed by atoms with Crippen molar-refractivity contribution in [3.05, 3.63) is 77.1 Å². The molecule has 1 fully saturated rings. The molecule has 9 nitrogen and oxygen atoms in total. The summed E-state index contributed by atoms with van der Waals surface area (Å²) in [5.41, 5.74) is 2.75. The van der Waals surface area contributed by atoms with Gasteiger partial charge in [0.2, 0.25) is 0 Å². The van der Waals surface area contributed by atoms with Crippen molar-refractivity contribution in [2.45, 2.75) is 11.4 Å². The Morgan fingerprint density at radius 2 is 1.88 bits per heavy atom. The van der Waals surface area contributed by atoms with Crippen LogP contribution in [0.5, 0.6) is 0 Å². The van der Waals surface area contributed by atoms with Crippen LogP contribution in [0.2, 0.25) is 5.02 Å². The number of carbonyl (C=O) groups is 1. The summed E-state index contributed by atoms with van der Waals surface area (Å²) >= 11 is 5.86. The summed E-state index contributed by atoms with van der Waals surface area (Å²) in [5, 5.41) is 7.19. The van der Waals surface area contributed by atoms with Crippen molar-refractivity contribution in [3.63, 3.8) is 0 Å². The molecule has 2 heterocycles. The van der Waals surface area contributed by atoms with Gasteiger partial charge < -0.3 is 15.0 Å². The van der Waals surface area contributed by atoms with Gasteiger partial charge in [-0.1, -0.05) is 29.8 Å². The predicted molar refractivity (Wildman–Crippen MR) is 125 cm³/mol. The highest BCUT2D eigenvalue weighted by Crippen LogP contribution is 2.18. The lowest BCUT2D eigenvalue weighted by molar-refractivity contribution is 0.0951. The first kappa shape index (κ1) is 24.7. The van der Waals surface area contributed by atoms with Gasteiger partial charge in [-0.05, 0) is 35.9 Å². The Bertz CT molecular complexity index is 1180. The van der Waals surface area contributed by atoms with Crippen LogP contribution in [0.4, 0.5) is 5.69 Å². The summed E-state index contributed by atoms with van der Waals surface area (Å²) in [5.74, 6) is -0.0740. The maximum absolute atomic E-state index is 12.3. The summed E-state index contributed by atoms with van der Waals surface area (Å²) in [6.45, 7) is 3.66. The Labute approximate surface area is 197 Å². The van der Waals surface area contributed by atoms with E-state index in [0.717, 1.165) is 43.8 Å². The third kappa shape index (κ3) is 7.57. The van der Waals surface area contributed by atoms with Crippen molar-refractivity contribution >= 4 is 33.3 Å². The summed E-state index contributed by atoms with van der Waals surface area (Å²) in [6.07, 6.45) is 2.30. The number of anilines is 1. The van der Waals surface area contributed by atoms with Crippen LogP contribution in [-0.2, 0) is 28.4 Å². The van der Waals surface area contributed by atoms with E-state index in [1.54, 1.807) is 7.05 Å². The third-order valence-electron chi connectivity index (χ3n) is 4.83. The number of hydrogen-bond acceptors (Lipinski definition) is 6. The number of halogens is 1. The average Bonchev–Trinajstić information content (AvgIpc) is 3.27. The number of benzene rings is 2. The molecule has 1 aliphatic rings. The normalized spacial score (nSPS) is 13.7. The Kier molecular flexibility index (Phi) is 8.45. The number of ether oxygens (including phenoxy) is 1. The number of amides is 1. The predicted octanol–water partition coefficient (Wildman–Crippen LogP) is 2.77. The first-order chi connectivity index (χ1) is 15.7. The van der Waals surface area contributed by atoms with E-state index < -0.39 is 10.1 Å². The minimum atomic E-state index is -4.07. The lowest BCUT2D eigenvalue weighted by Gasteiger charge is -2.29. The minimum Gasteiger partial charge on any atom is -0.378 e. The fourth-order valence-corrected chi connectivity index (χ4v) is 3.68. The second-order valence-electron chi connectivity index (χ2n) is 7.28.